The Morgan fingerprint density at radius 2 is 2.03 bits per heavy atom. The third-order valence-electron chi connectivity index (χ3n) is 8.49. The standard InChI is InChI=1S/C28H33FN5O2/c1-17(2)33-27-20-13-19(21(29)14-22(20)30-16-23(27)32(3)28(33)35)18-8-9-26(31-15-18)36-12-10-25-24-7-5-6-11-34(24,25)4/h8-9,13-17,24-25H,5-7,10-12H2,1-4H3/q+1/t24-,25?,34?/m0/s1. The number of hydrogen-bond acceptors (Lipinski definition) is 4. The van der Waals surface area contributed by atoms with Crippen LogP contribution in [-0.4, -0.2) is 55.9 Å². The topological polar surface area (TPSA) is 61.9 Å². The molecule has 8 heteroatoms. The van der Waals surface area contributed by atoms with E-state index >= 15 is 4.39 Å². The largest absolute Gasteiger partial charge is 0.477 e. The fraction of sp³-hybridized carbons (Fsp3) is 0.464. The smallest absolute Gasteiger partial charge is 0.329 e. The molecule has 0 bridgehead atoms. The molecule has 2 saturated heterocycles. The number of aromatic nitrogens is 4. The number of aryl methyl sites for hydroxylation is 1. The summed E-state index contributed by atoms with van der Waals surface area (Å²) in [5.74, 6) is 0.184. The Labute approximate surface area is 209 Å². The first-order chi connectivity index (χ1) is 17.3. The van der Waals surface area contributed by atoms with Crippen LogP contribution in [0.25, 0.3) is 33.1 Å². The molecule has 2 aliphatic heterocycles. The van der Waals surface area contributed by atoms with Gasteiger partial charge in [-0.15, -0.1) is 0 Å². The van der Waals surface area contributed by atoms with Gasteiger partial charge in [0.15, 0.2) is 0 Å². The van der Waals surface area contributed by atoms with Crippen LogP contribution in [0, 0.1) is 5.82 Å². The maximum absolute atomic E-state index is 15.2. The Hall–Kier alpha value is -3.26. The van der Waals surface area contributed by atoms with Crippen LogP contribution >= 0.6 is 0 Å². The number of halogens is 1. The molecule has 5 heterocycles. The van der Waals surface area contributed by atoms with Crippen molar-refractivity contribution < 1.29 is 13.6 Å². The van der Waals surface area contributed by atoms with E-state index in [1.807, 2.05) is 19.9 Å². The van der Waals surface area contributed by atoms with Crippen LogP contribution in [0.5, 0.6) is 5.88 Å². The summed E-state index contributed by atoms with van der Waals surface area (Å²) in [5, 5.41) is 0.744. The van der Waals surface area contributed by atoms with Gasteiger partial charge in [0.1, 0.15) is 17.9 Å². The molecule has 0 aliphatic carbocycles. The SMILES string of the molecule is CC(C)n1c(=O)n(C)c2cnc3cc(F)c(-c4ccc(OCCC5[C@@H]6CCCC[N+]56C)nc4)cc3c21. The molecule has 0 saturated carbocycles. The van der Waals surface area contributed by atoms with Crippen molar-refractivity contribution in [2.45, 2.75) is 57.7 Å². The number of rotatable bonds is 6. The molecule has 2 fully saturated rings. The van der Waals surface area contributed by atoms with Gasteiger partial charge in [-0.05, 0) is 38.8 Å². The summed E-state index contributed by atoms with van der Waals surface area (Å²) in [6.07, 6.45) is 8.36. The van der Waals surface area contributed by atoms with Gasteiger partial charge in [-0.3, -0.25) is 14.1 Å². The van der Waals surface area contributed by atoms with Gasteiger partial charge in [0.05, 0.1) is 42.9 Å². The molecule has 2 aliphatic rings. The van der Waals surface area contributed by atoms with E-state index in [2.05, 4.69) is 17.0 Å². The molecule has 0 spiro atoms. The number of imidazole rings is 1. The fourth-order valence-corrected chi connectivity index (χ4v) is 6.44. The summed E-state index contributed by atoms with van der Waals surface area (Å²) in [4.78, 5) is 21.7. The summed E-state index contributed by atoms with van der Waals surface area (Å²) in [7, 11) is 4.11. The lowest BCUT2D eigenvalue weighted by Gasteiger charge is -2.19. The van der Waals surface area contributed by atoms with E-state index in [0.29, 0.717) is 35.2 Å². The molecule has 1 aromatic carbocycles. The first-order valence-corrected chi connectivity index (χ1v) is 12.9. The number of nitrogens with zero attached hydrogens (tertiary/aromatic N) is 5. The van der Waals surface area contributed by atoms with Gasteiger partial charge in [0.25, 0.3) is 0 Å². The number of pyridine rings is 2. The van der Waals surface area contributed by atoms with Crippen LogP contribution in [0.1, 0.15) is 45.6 Å². The molecule has 36 heavy (non-hydrogen) atoms. The van der Waals surface area contributed by atoms with E-state index in [1.165, 1.54) is 36.4 Å². The van der Waals surface area contributed by atoms with Crippen LogP contribution in [0.15, 0.2) is 41.5 Å². The van der Waals surface area contributed by atoms with Crippen LogP contribution in [0.4, 0.5) is 4.39 Å². The summed E-state index contributed by atoms with van der Waals surface area (Å²) >= 11 is 0. The molecular formula is C28H33FN5O2+. The second kappa shape index (κ2) is 8.40. The Morgan fingerprint density at radius 3 is 2.72 bits per heavy atom. The normalized spacial score (nSPS) is 23.4. The van der Waals surface area contributed by atoms with Crippen molar-refractivity contribution in [3.8, 4) is 17.0 Å². The van der Waals surface area contributed by atoms with Crippen LogP contribution in [0.3, 0.4) is 0 Å². The van der Waals surface area contributed by atoms with Crippen molar-refractivity contribution in [2.24, 2.45) is 7.05 Å². The number of hydrogen-bond donors (Lipinski definition) is 0. The third kappa shape index (κ3) is 3.53. The molecule has 3 aromatic heterocycles. The number of piperidine rings is 1. The average Bonchev–Trinajstić information content (AvgIpc) is 3.37. The monoisotopic (exact) mass is 490 g/mol. The fourth-order valence-electron chi connectivity index (χ4n) is 6.44. The highest BCUT2D eigenvalue weighted by Crippen LogP contribution is 2.46. The lowest BCUT2D eigenvalue weighted by Crippen LogP contribution is -2.29. The van der Waals surface area contributed by atoms with Gasteiger partial charge in [-0.1, -0.05) is 0 Å². The molecule has 7 nitrogen and oxygen atoms in total. The lowest BCUT2D eigenvalue weighted by molar-refractivity contribution is -0.810. The van der Waals surface area contributed by atoms with Gasteiger partial charge in [0.2, 0.25) is 5.88 Å². The number of ether oxygens (including phenoxy) is 1. The average molecular weight is 491 g/mol. The van der Waals surface area contributed by atoms with E-state index in [-0.39, 0.29) is 17.5 Å². The predicted molar refractivity (Wildman–Crippen MR) is 139 cm³/mol. The number of likely N-dealkylation sites (N-methyl/N-ethyl adjacent to an activating group) is 1. The maximum Gasteiger partial charge on any atom is 0.329 e. The predicted octanol–water partition coefficient (Wildman–Crippen LogP) is 4.82. The Balaban J connectivity index is 1.27. The molecule has 6 rings (SSSR count). The zero-order chi connectivity index (χ0) is 25.2. The summed E-state index contributed by atoms with van der Waals surface area (Å²) in [6, 6.07) is 8.35. The molecular weight excluding hydrogens is 457 g/mol. The summed E-state index contributed by atoms with van der Waals surface area (Å²) < 4.78 is 25.7. The van der Waals surface area contributed by atoms with Crippen molar-refractivity contribution in [1.29, 1.82) is 0 Å². The van der Waals surface area contributed by atoms with E-state index < -0.39 is 0 Å². The summed E-state index contributed by atoms with van der Waals surface area (Å²) in [6.45, 7) is 5.88. The molecule has 0 amide bonds. The number of quaternary nitrogens is 1. The minimum atomic E-state index is -0.374. The zero-order valence-corrected chi connectivity index (χ0v) is 21.4. The van der Waals surface area contributed by atoms with Crippen molar-refractivity contribution >= 4 is 21.9 Å². The highest BCUT2D eigenvalue weighted by molar-refractivity contribution is 6.04. The van der Waals surface area contributed by atoms with Crippen molar-refractivity contribution in [3.63, 3.8) is 0 Å². The van der Waals surface area contributed by atoms with Gasteiger partial charge in [-0.25, -0.2) is 14.2 Å². The summed E-state index contributed by atoms with van der Waals surface area (Å²) in [5.41, 5.74) is 2.99. The second-order valence-electron chi connectivity index (χ2n) is 10.9. The maximum atomic E-state index is 15.2. The molecule has 2 unspecified atom stereocenters. The molecule has 4 aromatic rings. The van der Waals surface area contributed by atoms with E-state index in [4.69, 9.17) is 4.74 Å². The van der Waals surface area contributed by atoms with Crippen LogP contribution < -0.4 is 10.4 Å². The van der Waals surface area contributed by atoms with E-state index in [1.54, 1.807) is 40.7 Å². The van der Waals surface area contributed by atoms with Gasteiger partial charge in [0, 0.05) is 60.8 Å². The van der Waals surface area contributed by atoms with E-state index in [9.17, 15) is 4.79 Å². The quantitative estimate of drug-likeness (QED) is 0.287. The van der Waals surface area contributed by atoms with E-state index in [0.717, 1.165) is 28.9 Å². The Morgan fingerprint density at radius 1 is 1.19 bits per heavy atom. The van der Waals surface area contributed by atoms with Gasteiger partial charge < -0.3 is 9.22 Å². The number of benzene rings is 1. The molecule has 0 radical (unpaired) electrons. The Kier molecular flexibility index (Phi) is 5.41. The second-order valence-corrected chi connectivity index (χ2v) is 10.9. The van der Waals surface area contributed by atoms with Crippen LogP contribution in [0.2, 0.25) is 0 Å². The number of fused-ring (bicyclic) bond motifs is 4. The highest BCUT2D eigenvalue weighted by Gasteiger charge is 2.62. The molecule has 3 atom stereocenters. The molecule has 0 N–H and O–H groups in total. The third-order valence-corrected chi connectivity index (χ3v) is 8.49. The minimum Gasteiger partial charge on any atom is -0.477 e. The first kappa shape index (κ1) is 23.2. The minimum absolute atomic E-state index is 0.0422. The van der Waals surface area contributed by atoms with Crippen molar-refractivity contribution in [3.05, 3.63) is 53.0 Å². The first-order valence-electron chi connectivity index (χ1n) is 12.9. The zero-order valence-electron chi connectivity index (χ0n) is 21.4. The van der Waals surface area contributed by atoms with Gasteiger partial charge in [-0.2, -0.15) is 0 Å². The Bertz CT molecular complexity index is 1520. The van der Waals surface area contributed by atoms with Crippen molar-refractivity contribution in [2.75, 3.05) is 20.2 Å². The van der Waals surface area contributed by atoms with Crippen molar-refractivity contribution in [1.82, 2.24) is 19.1 Å². The van der Waals surface area contributed by atoms with Crippen LogP contribution in [-0.2, 0) is 7.05 Å². The van der Waals surface area contributed by atoms with Gasteiger partial charge >= 0.3 is 5.69 Å². The highest BCUT2D eigenvalue weighted by atomic mass is 19.1. The molecule has 188 valence electrons. The lowest BCUT2D eigenvalue weighted by atomic mass is 10.0.